The third-order valence-corrected chi connectivity index (χ3v) is 3.82. The van der Waals surface area contributed by atoms with Gasteiger partial charge >= 0.3 is 0 Å². The first-order valence-corrected chi connectivity index (χ1v) is 6.78. The van der Waals surface area contributed by atoms with Crippen LogP contribution in [-0.4, -0.2) is 43.3 Å². The van der Waals surface area contributed by atoms with Gasteiger partial charge in [-0.25, -0.2) is 0 Å². The topological polar surface area (TPSA) is 38.5 Å². The average molecular weight is 228 g/mol. The highest BCUT2D eigenvalue weighted by Crippen LogP contribution is 2.20. The van der Waals surface area contributed by atoms with Crippen LogP contribution in [0.1, 0.15) is 40.0 Å². The summed E-state index contributed by atoms with van der Waals surface area (Å²) in [5, 5.41) is 0. The maximum Gasteiger partial charge on any atom is 0.0702 e. The zero-order valence-corrected chi connectivity index (χ0v) is 11.1. The second kappa shape index (κ2) is 7.25. The van der Waals surface area contributed by atoms with Crippen molar-refractivity contribution in [1.82, 2.24) is 4.90 Å². The fourth-order valence-corrected chi connectivity index (χ4v) is 2.65. The predicted octanol–water partition coefficient (Wildman–Crippen LogP) is 1.86. The van der Waals surface area contributed by atoms with Crippen molar-refractivity contribution in [3.8, 4) is 0 Å². The van der Waals surface area contributed by atoms with E-state index >= 15 is 0 Å². The Morgan fingerprint density at radius 2 is 2.19 bits per heavy atom. The summed E-state index contributed by atoms with van der Waals surface area (Å²) in [6.45, 7) is 10.5. The number of likely N-dealkylation sites (tertiary alicyclic amines) is 1. The third-order valence-electron chi connectivity index (χ3n) is 3.82. The molecule has 0 aromatic rings. The van der Waals surface area contributed by atoms with Gasteiger partial charge in [-0.15, -0.1) is 0 Å². The van der Waals surface area contributed by atoms with Crippen LogP contribution < -0.4 is 5.73 Å². The molecule has 0 saturated carbocycles. The molecule has 96 valence electrons. The van der Waals surface area contributed by atoms with E-state index in [1.807, 2.05) is 0 Å². The Kier molecular flexibility index (Phi) is 6.32. The van der Waals surface area contributed by atoms with Crippen LogP contribution in [0.15, 0.2) is 0 Å². The fraction of sp³-hybridized carbons (Fsp3) is 1.00. The molecular formula is C13H28N2O. The molecule has 0 aromatic heterocycles. The van der Waals surface area contributed by atoms with Gasteiger partial charge in [-0.3, -0.25) is 4.90 Å². The molecule has 1 aliphatic heterocycles. The molecule has 3 unspecified atom stereocenters. The Balaban J connectivity index is 2.49. The number of ether oxygens (including phenoxy) is 1. The second-order valence-electron chi connectivity index (χ2n) is 4.90. The van der Waals surface area contributed by atoms with Gasteiger partial charge in [0.05, 0.1) is 6.10 Å². The van der Waals surface area contributed by atoms with Gasteiger partial charge in [0.2, 0.25) is 0 Å². The van der Waals surface area contributed by atoms with Crippen molar-refractivity contribution in [3.05, 3.63) is 0 Å². The quantitative estimate of drug-likeness (QED) is 0.754. The normalized spacial score (nSPS) is 26.6. The highest BCUT2D eigenvalue weighted by atomic mass is 16.5. The van der Waals surface area contributed by atoms with E-state index < -0.39 is 0 Å². The van der Waals surface area contributed by atoms with Crippen LogP contribution in [0.4, 0.5) is 0 Å². The summed E-state index contributed by atoms with van der Waals surface area (Å²) in [6, 6.07) is 0.535. The largest absolute Gasteiger partial charge is 0.377 e. The Morgan fingerprint density at radius 3 is 2.75 bits per heavy atom. The summed E-state index contributed by atoms with van der Waals surface area (Å²) in [5.41, 5.74) is 5.92. The fourth-order valence-electron chi connectivity index (χ4n) is 2.65. The predicted molar refractivity (Wildman–Crippen MR) is 68.5 cm³/mol. The molecule has 3 heteroatoms. The lowest BCUT2D eigenvalue weighted by Crippen LogP contribution is -2.51. The number of piperidine rings is 1. The number of rotatable bonds is 6. The van der Waals surface area contributed by atoms with Crippen molar-refractivity contribution in [2.24, 2.45) is 11.7 Å². The number of nitrogens with zero attached hydrogens (tertiary/aromatic N) is 1. The lowest BCUT2D eigenvalue weighted by atomic mass is 9.95. The monoisotopic (exact) mass is 228 g/mol. The molecule has 0 radical (unpaired) electrons. The third kappa shape index (κ3) is 3.72. The van der Waals surface area contributed by atoms with Gasteiger partial charge in [0.25, 0.3) is 0 Å². The molecule has 1 heterocycles. The van der Waals surface area contributed by atoms with Gasteiger partial charge in [-0.05, 0) is 32.2 Å². The van der Waals surface area contributed by atoms with Gasteiger partial charge in [0.1, 0.15) is 0 Å². The Hall–Kier alpha value is -0.120. The van der Waals surface area contributed by atoms with E-state index in [9.17, 15) is 0 Å². The van der Waals surface area contributed by atoms with Crippen LogP contribution >= 0.6 is 0 Å². The summed E-state index contributed by atoms with van der Waals surface area (Å²) in [6.07, 6.45) is 4.09. The molecule has 1 fully saturated rings. The standard InChI is InChI=1S/C13H28N2O/c1-4-11(3)13(9-14)15-8-6-7-12(10-15)16-5-2/h11-13H,4-10,14H2,1-3H3. The molecule has 0 amide bonds. The van der Waals surface area contributed by atoms with E-state index in [0.717, 1.165) is 19.7 Å². The molecule has 2 N–H and O–H groups in total. The minimum atomic E-state index is 0.428. The van der Waals surface area contributed by atoms with Crippen LogP contribution in [0, 0.1) is 5.92 Å². The van der Waals surface area contributed by atoms with E-state index in [0.29, 0.717) is 18.1 Å². The molecule has 1 saturated heterocycles. The summed E-state index contributed by atoms with van der Waals surface area (Å²) >= 11 is 0. The van der Waals surface area contributed by atoms with Crippen LogP contribution in [0.5, 0.6) is 0 Å². The first-order chi connectivity index (χ1) is 7.72. The van der Waals surface area contributed by atoms with Gasteiger partial charge in [-0.2, -0.15) is 0 Å². The lowest BCUT2D eigenvalue weighted by Gasteiger charge is -2.40. The number of nitrogens with two attached hydrogens (primary N) is 1. The number of hydrogen-bond donors (Lipinski definition) is 1. The maximum absolute atomic E-state index is 5.92. The molecule has 0 aliphatic carbocycles. The highest BCUT2D eigenvalue weighted by molar-refractivity contribution is 4.83. The van der Waals surface area contributed by atoms with E-state index in [-0.39, 0.29) is 0 Å². The molecule has 3 atom stereocenters. The molecule has 1 rings (SSSR count). The van der Waals surface area contributed by atoms with Crippen LogP contribution in [-0.2, 0) is 4.74 Å². The maximum atomic E-state index is 5.92. The molecule has 3 nitrogen and oxygen atoms in total. The number of hydrogen-bond acceptors (Lipinski definition) is 3. The lowest BCUT2D eigenvalue weighted by molar-refractivity contribution is -0.0138. The Bertz CT molecular complexity index is 185. The molecule has 1 aliphatic rings. The second-order valence-corrected chi connectivity index (χ2v) is 4.90. The zero-order chi connectivity index (χ0) is 12.0. The smallest absolute Gasteiger partial charge is 0.0702 e. The van der Waals surface area contributed by atoms with Crippen LogP contribution in [0.3, 0.4) is 0 Å². The van der Waals surface area contributed by atoms with Gasteiger partial charge in [-0.1, -0.05) is 20.3 Å². The summed E-state index contributed by atoms with van der Waals surface area (Å²) < 4.78 is 5.74. The minimum Gasteiger partial charge on any atom is -0.377 e. The minimum absolute atomic E-state index is 0.428. The van der Waals surface area contributed by atoms with Crippen molar-refractivity contribution >= 4 is 0 Å². The highest BCUT2D eigenvalue weighted by Gasteiger charge is 2.27. The summed E-state index contributed by atoms with van der Waals surface area (Å²) in [5.74, 6) is 0.686. The molecular weight excluding hydrogens is 200 g/mol. The molecule has 0 bridgehead atoms. The molecule has 16 heavy (non-hydrogen) atoms. The molecule has 0 spiro atoms. The zero-order valence-electron chi connectivity index (χ0n) is 11.1. The summed E-state index contributed by atoms with van der Waals surface area (Å²) in [7, 11) is 0. The average Bonchev–Trinajstić information content (AvgIpc) is 2.31. The Labute approximate surface area is 100 Å². The van der Waals surface area contributed by atoms with Crippen molar-refractivity contribution in [2.45, 2.75) is 52.2 Å². The van der Waals surface area contributed by atoms with E-state index in [1.165, 1.54) is 25.8 Å². The first kappa shape index (κ1) is 13.9. The SMILES string of the molecule is CCOC1CCCN(C(CN)C(C)CC)C1. The van der Waals surface area contributed by atoms with E-state index in [2.05, 4.69) is 25.7 Å². The first-order valence-electron chi connectivity index (χ1n) is 6.78. The van der Waals surface area contributed by atoms with Crippen molar-refractivity contribution < 1.29 is 4.74 Å². The van der Waals surface area contributed by atoms with Gasteiger partial charge < -0.3 is 10.5 Å². The van der Waals surface area contributed by atoms with Crippen molar-refractivity contribution in [2.75, 3.05) is 26.2 Å². The summed E-state index contributed by atoms with van der Waals surface area (Å²) in [4.78, 5) is 2.54. The van der Waals surface area contributed by atoms with Crippen LogP contribution in [0.2, 0.25) is 0 Å². The molecule has 0 aromatic carbocycles. The van der Waals surface area contributed by atoms with E-state index in [4.69, 9.17) is 10.5 Å². The Morgan fingerprint density at radius 1 is 1.44 bits per heavy atom. The van der Waals surface area contributed by atoms with Crippen LogP contribution in [0.25, 0.3) is 0 Å². The van der Waals surface area contributed by atoms with Crippen molar-refractivity contribution in [1.29, 1.82) is 0 Å². The van der Waals surface area contributed by atoms with E-state index in [1.54, 1.807) is 0 Å². The van der Waals surface area contributed by atoms with Crippen molar-refractivity contribution in [3.63, 3.8) is 0 Å². The van der Waals surface area contributed by atoms with Gasteiger partial charge in [0, 0.05) is 25.7 Å². The van der Waals surface area contributed by atoms with Gasteiger partial charge in [0.15, 0.2) is 0 Å².